The molecule has 2 N–H and O–H groups in total. The van der Waals surface area contributed by atoms with E-state index in [1.165, 1.54) is 11.3 Å². The van der Waals surface area contributed by atoms with E-state index >= 15 is 0 Å². The standard InChI is InChI=1S/C15H21N5O/c1-10-8-15(18-11(2)17-10)19-13-4-3-5-14-12(13)9-16-20(14)6-7-21/h8-9,13,21H,3-7H2,1-2H3,(H,17,18,19)/t13-/m1/s1. The monoisotopic (exact) mass is 287 g/mol. The van der Waals surface area contributed by atoms with Crippen molar-refractivity contribution in [3.05, 3.63) is 35.0 Å². The number of aromatic nitrogens is 4. The lowest BCUT2D eigenvalue weighted by Crippen LogP contribution is -2.19. The zero-order valence-corrected chi connectivity index (χ0v) is 12.5. The zero-order valence-electron chi connectivity index (χ0n) is 12.5. The number of nitrogens with zero attached hydrogens (tertiary/aromatic N) is 4. The lowest BCUT2D eigenvalue weighted by atomic mass is 9.93. The van der Waals surface area contributed by atoms with Gasteiger partial charge in [0.25, 0.3) is 0 Å². The molecular weight excluding hydrogens is 266 g/mol. The Morgan fingerprint density at radius 3 is 3.00 bits per heavy atom. The second-order valence-corrected chi connectivity index (χ2v) is 5.52. The summed E-state index contributed by atoms with van der Waals surface area (Å²) < 4.78 is 1.92. The highest BCUT2D eigenvalue weighted by Gasteiger charge is 2.24. The highest BCUT2D eigenvalue weighted by molar-refractivity contribution is 5.41. The highest BCUT2D eigenvalue weighted by Crippen LogP contribution is 2.32. The van der Waals surface area contributed by atoms with Crippen LogP contribution in [0.5, 0.6) is 0 Å². The minimum Gasteiger partial charge on any atom is -0.394 e. The number of fused-ring (bicyclic) bond motifs is 1. The van der Waals surface area contributed by atoms with Gasteiger partial charge in [-0.3, -0.25) is 4.68 Å². The first kappa shape index (κ1) is 14.0. The molecule has 0 fully saturated rings. The molecule has 0 unspecified atom stereocenters. The summed E-state index contributed by atoms with van der Waals surface area (Å²) in [7, 11) is 0. The average molecular weight is 287 g/mol. The summed E-state index contributed by atoms with van der Waals surface area (Å²) >= 11 is 0. The van der Waals surface area contributed by atoms with Crippen molar-refractivity contribution < 1.29 is 5.11 Å². The third kappa shape index (κ3) is 2.90. The molecule has 0 bridgehead atoms. The molecule has 0 aliphatic heterocycles. The van der Waals surface area contributed by atoms with Crippen LogP contribution in [0.15, 0.2) is 12.3 Å². The van der Waals surface area contributed by atoms with Gasteiger partial charge in [-0.15, -0.1) is 0 Å². The number of rotatable bonds is 4. The molecule has 21 heavy (non-hydrogen) atoms. The molecular formula is C15H21N5O. The van der Waals surface area contributed by atoms with Crippen molar-refractivity contribution in [2.75, 3.05) is 11.9 Å². The van der Waals surface area contributed by atoms with E-state index in [-0.39, 0.29) is 12.6 Å². The molecule has 2 aromatic rings. The molecule has 1 aliphatic carbocycles. The van der Waals surface area contributed by atoms with Gasteiger partial charge in [0.05, 0.1) is 25.4 Å². The first-order valence-electron chi connectivity index (χ1n) is 7.41. The molecule has 0 radical (unpaired) electrons. The van der Waals surface area contributed by atoms with Crippen molar-refractivity contribution in [2.45, 2.75) is 45.7 Å². The molecule has 6 nitrogen and oxygen atoms in total. The van der Waals surface area contributed by atoms with E-state index in [2.05, 4.69) is 20.4 Å². The second kappa shape index (κ2) is 5.81. The van der Waals surface area contributed by atoms with Crippen LogP contribution in [0.1, 0.15) is 41.7 Å². The SMILES string of the molecule is Cc1cc(N[C@@H]2CCCc3c2cnn3CCO)nc(C)n1. The number of nitrogens with one attached hydrogen (secondary N) is 1. The molecule has 112 valence electrons. The normalized spacial score (nSPS) is 17.6. The predicted octanol–water partition coefficient (Wildman–Crippen LogP) is 1.77. The second-order valence-electron chi connectivity index (χ2n) is 5.52. The molecule has 3 rings (SSSR count). The third-order valence-electron chi connectivity index (χ3n) is 3.86. The van der Waals surface area contributed by atoms with E-state index in [9.17, 15) is 0 Å². The summed E-state index contributed by atoms with van der Waals surface area (Å²) in [4.78, 5) is 8.76. The minimum atomic E-state index is 0.122. The third-order valence-corrected chi connectivity index (χ3v) is 3.86. The smallest absolute Gasteiger partial charge is 0.130 e. The summed E-state index contributed by atoms with van der Waals surface area (Å²) in [5, 5.41) is 17.0. The van der Waals surface area contributed by atoms with Crippen molar-refractivity contribution in [3.8, 4) is 0 Å². The molecule has 2 heterocycles. The Balaban J connectivity index is 1.85. The van der Waals surface area contributed by atoms with E-state index in [0.717, 1.165) is 36.6 Å². The summed E-state index contributed by atoms with van der Waals surface area (Å²) in [5.41, 5.74) is 3.43. The van der Waals surface area contributed by atoms with Crippen molar-refractivity contribution in [2.24, 2.45) is 0 Å². The Hall–Kier alpha value is -1.95. The van der Waals surface area contributed by atoms with Crippen LogP contribution in [0.4, 0.5) is 5.82 Å². The summed E-state index contributed by atoms with van der Waals surface area (Å²) in [6.45, 7) is 4.57. The molecule has 1 atom stereocenters. The number of hydrogen-bond donors (Lipinski definition) is 2. The molecule has 0 amide bonds. The van der Waals surface area contributed by atoms with Crippen LogP contribution in [0.2, 0.25) is 0 Å². The first-order chi connectivity index (χ1) is 10.2. The Kier molecular flexibility index (Phi) is 3.88. The maximum Gasteiger partial charge on any atom is 0.130 e. The van der Waals surface area contributed by atoms with Crippen molar-refractivity contribution in [3.63, 3.8) is 0 Å². The molecule has 0 aromatic carbocycles. The summed E-state index contributed by atoms with van der Waals surface area (Å²) in [6.07, 6.45) is 5.13. The lowest BCUT2D eigenvalue weighted by molar-refractivity contribution is 0.266. The van der Waals surface area contributed by atoms with Crippen LogP contribution in [-0.4, -0.2) is 31.5 Å². The van der Waals surface area contributed by atoms with Crippen LogP contribution in [0.25, 0.3) is 0 Å². The van der Waals surface area contributed by atoms with Gasteiger partial charge < -0.3 is 10.4 Å². The quantitative estimate of drug-likeness (QED) is 0.896. The van der Waals surface area contributed by atoms with Gasteiger partial charge in [0.2, 0.25) is 0 Å². The van der Waals surface area contributed by atoms with Crippen molar-refractivity contribution in [1.29, 1.82) is 0 Å². The predicted molar refractivity (Wildman–Crippen MR) is 80.1 cm³/mol. The van der Waals surface area contributed by atoms with E-state index < -0.39 is 0 Å². The molecule has 0 saturated heterocycles. The average Bonchev–Trinajstić information content (AvgIpc) is 2.83. The van der Waals surface area contributed by atoms with E-state index in [1.807, 2.05) is 30.8 Å². The van der Waals surface area contributed by atoms with Gasteiger partial charge >= 0.3 is 0 Å². The highest BCUT2D eigenvalue weighted by atomic mass is 16.3. The van der Waals surface area contributed by atoms with Crippen molar-refractivity contribution in [1.82, 2.24) is 19.7 Å². The largest absolute Gasteiger partial charge is 0.394 e. The van der Waals surface area contributed by atoms with Crippen LogP contribution >= 0.6 is 0 Å². The van der Waals surface area contributed by atoms with Crippen molar-refractivity contribution >= 4 is 5.82 Å². The molecule has 2 aromatic heterocycles. The van der Waals surface area contributed by atoms with E-state index in [4.69, 9.17) is 5.11 Å². The molecule has 0 spiro atoms. The number of aliphatic hydroxyl groups is 1. The van der Waals surface area contributed by atoms with Gasteiger partial charge in [-0.25, -0.2) is 9.97 Å². The Morgan fingerprint density at radius 2 is 2.24 bits per heavy atom. The number of aryl methyl sites for hydroxylation is 2. The minimum absolute atomic E-state index is 0.122. The summed E-state index contributed by atoms with van der Waals surface area (Å²) in [6, 6.07) is 2.20. The van der Waals surface area contributed by atoms with Gasteiger partial charge in [-0.05, 0) is 33.1 Å². The van der Waals surface area contributed by atoms with Gasteiger partial charge in [0, 0.05) is 23.0 Å². The molecule has 6 heteroatoms. The lowest BCUT2D eigenvalue weighted by Gasteiger charge is -2.24. The van der Waals surface area contributed by atoms with Crippen LogP contribution in [0.3, 0.4) is 0 Å². The van der Waals surface area contributed by atoms with Crippen LogP contribution in [0, 0.1) is 13.8 Å². The maximum atomic E-state index is 9.11. The van der Waals surface area contributed by atoms with E-state index in [1.54, 1.807) is 0 Å². The van der Waals surface area contributed by atoms with Gasteiger partial charge in [0.1, 0.15) is 11.6 Å². The fraction of sp³-hybridized carbons (Fsp3) is 0.533. The van der Waals surface area contributed by atoms with Crippen LogP contribution < -0.4 is 5.32 Å². The number of hydrogen-bond acceptors (Lipinski definition) is 5. The maximum absolute atomic E-state index is 9.11. The van der Waals surface area contributed by atoms with Gasteiger partial charge in [0.15, 0.2) is 0 Å². The summed E-state index contributed by atoms with van der Waals surface area (Å²) in [5.74, 6) is 1.65. The number of anilines is 1. The molecule has 1 aliphatic rings. The Labute approximate surface area is 124 Å². The number of aliphatic hydroxyl groups excluding tert-OH is 1. The fourth-order valence-corrected chi connectivity index (χ4v) is 3.03. The van der Waals surface area contributed by atoms with Gasteiger partial charge in [-0.1, -0.05) is 0 Å². The van der Waals surface area contributed by atoms with Crippen LogP contribution in [-0.2, 0) is 13.0 Å². The topological polar surface area (TPSA) is 75.9 Å². The Bertz CT molecular complexity index is 617. The molecule has 0 saturated carbocycles. The Morgan fingerprint density at radius 1 is 1.38 bits per heavy atom. The zero-order chi connectivity index (χ0) is 14.8. The first-order valence-corrected chi connectivity index (χ1v) is 7.41. The van der Waals surface area contributed by atoms with Gasteiger partial charge in [-0.2, -0.15) is 5.10 Å². The fourth-order valence-electron chi connectivity index (χ4n) is 3.03. The van der Waals surface area contributed by atoms with E-state index in [0.29, 0.717) is 6.54 Å².